The smallest absolute Gasteiger partial charge is 0.225 e. The van der Waals surface area contributed by atoms with Crippen molar-refractivity contribution in [2.24, 2.45) is 0 Å². The van der Waals surface area contributed by atoms with Crippen LogP contribution in [0.25, 0.3) is 0 Å². The third-order valence-corrected chi connectivity index (χ3v) is 5.78. The molecule has 0 spiro atoms. The Kier molecular flexibility index (Phi) is 4.24. The summed E-state index contributed by atoms with van der Waals surface area (Å²) in [5.74, 6) is 0.835. The van der Waals surface area contributed by atoms with Gasteiger partial charge in [-0.15, -0.1) is 0 Å². The molecule has 1 N–H and O–H groups in total. The van der Waals surface area contributed by atoms with Crippen molar-refractivity contribution in [1.29, 1.82) is 0 Å². The number of aromatic nitrogens is 2. The molecule has 0 unspecified atom stereocenters. The first kappa shape index (κ1) is 15.3. The van der Waals surface area contributed by atoms with E-state index >= 15 is 0 Å². The maximum atomic E-state index is 10.5. The summed E-state index contributed by atoms with van der Waals surface area (Å²) < 4.78 is 0. The summed E-state index contributed by atoms with van der Waals surface area (Å²) in [4.78, 5) is 14.3. The van der Waals surface area contributed by atoms with Gasteiger partial charge < -0.3 is 10.0 Å². The molecule has 4 rings (SSSR count). The molecule has 2 atom stereocenters. The molecule has 0 aromatic carbocycles. The molecule has 2 aliphatic heterocycles. The van der Waals surface area contributed by atoms with Crippen LogP contribution in [0, 0.1) is 6.92 Å². The third-order valence-electron chi connectivity index (χ3n) is 5.78. The third kappa shape index (κ3) is 2.96. The number of rotatable bonds is 2. The van der Waals surface area contributed by atoms with Crippen molar-refractivity contribution in [3.63, 3.8) is 0 Å². The zero-order valence-electron chi connectivity index (χ0n) is 14.2. The summed E-state index contributed by atoms with van der Waals surface area (Å²) in [6, 6.07) is 0.246. The first-order valence-electron chi connectivity index (χ1n) is 9.26. The van der Waals surface area contributed by atoms with Gasteiger partial charge in [0.1, 0.15) is 0 Å². The van der Waals surface area contributed by atoms with Gasteiger partial charge in [-0.1, -0.05) is 6.42 Å². The Morgan fingerprint density at radius 2 is 1.74 bits per heavy atom. The molecular formula is C18H28N4O. The molecule has 0 radical (unpaired) electrons. The van der Waals surface area contributed by atoms with E-state index in [9.17, 15) is 5.11 Å². The summed E-state index contributed by atoms with van der Waals surface area (Å²) >= 11 is 0. The fraction of sp³-hybridized carbons (Fsp3) is 0.778. The summed E-state index contributed by atoms with van der Waals surface area (Å²) in [5.41, 5.74) is 3.75. The molecule has 3 heterocycles. The van der Waals surface area contributed by atoms with Crippen LogP contribution in [0.5, 0.6) is 0 Å². The van der Waals surface area contributed by atoms with Gasteiger partial charge in [-0.2, -0.15) is 0 Å². The van der Waals surface area contributed by atoms with Crippen LogP contribution in [0.15, 0.2) is 0 Å². The van der Waals surface area contributed by atoms with E-state index in [4.69, 9.17) is 9.97 Å². The molecule has 0 bridgehead atoms. The number of likely N-dealkylation sites (tertiary alicyclic amines) is 1. The number of piperidine rings is 1. The SMILES string of the molecule is Cc1nc(N2C[C@H](O)[C@@H](N3CCCCC3)C2)nc2c1CCCC2. The standard InChI is InChI=1S/C18H28N4O/c1-13-14-7-3-4-8-15(14)20-18(19-13)22-11-16(17(23)12-22)21-9-5-2-6-10-21/h16-17,23H,2-12H2,1H3/t16-,17-/m0/s1. The van der Waals surface area contributed by atoms with Crippen LogP contribution in [0.1, 0.15) is 49.1 Å². The normalized spacial score (nSPS) is 28.9. The van der Waals surface area contributed by atoms with Crippen LogP contribution >= 0.6 is 0 Å². The second kappa shape index (κ2) is 6.36. The lowest BCUT2D eigenvalue weighted by atomic mass is 9.95. The van der Waals surface area contributed by atoms with E-state index in [0.717, 1.165) is 44.1 Å². The second-order valence-corrected chi connectivity index (χ2v) is 7.38. The molecule has 2 saturated heterocycles. The van der Waals surface area contributed by atoms with Crippen LogP contribution in [-0.2, 0) is 12.8 Å². The number of β-amino-alcohol motifs (C(OH)–C–C–N with tert-alkyl or cyclic N) is 1. The highest BCUT2D eigenvalue weighted by Gasteiger charge is 2.37. The van der Waals surface area contributed by atoms with E-state index in [1.165, 1.54) is 43.4 Å². The number of hydrogen-bond donors (Lipinski definition) is 1. The fourth-order valence-electron chi connectivity index (χ4n) is 4.45. The average Bonchev–Trinajstić information content (AvgIpc) is 2.97. The topological polar surface area (TPSA) is 52.5 Å². The molecule has 126 valence electrons. The second-order valence-electron chi connectivity index (χ2n) is 7.38. The van der Waals surface area contributed by atoms with E-state index in [2.05, 4.69) is 16.7 Å². The lowest BCUT2D eigenvalue weighted by Gasteiger charge is -2.33. The molecule has 0 saturated carbocycles. The molecule has 0 amide bonds. The minimum atomic E-state index is -0.284. The Balaban J connectivity index is 1.53. The summed E-state index contributed by atoms with van der Waals surface area (Å²) in [5, 5.41) is 10.5. The van der Waals surface area contributed by atoms with E-state index < -0.39 is 0 Å². The van der Waals surface area contributed by atoms with Gasteiger partial charge in [-0.25, -0.2) is 9.97 Å². The van der Waals surface area contributed by atoms with Crippen molar-refractivity contribution in [2.75, 3.05) is 31.1 Å². The van der Waals surface area contributed by atoms with Crippen molar-refractivity contribution in [3.8, 4) is 0 Å². The molecule has 3 aliphatic rings. The van der Waals surface area contributed by atoms with Gasteiger partial charge in [-0.3, -0.25) is 4.90 Å². The minimum Gasteiger partial charge on any atom is -0.390 e. The van der Waals surface area contributed by atoms with Crippen LogP contribution in [0.4, 0.5) is 5.95 Å². The number of aryl methyl sites for hydroxylation is 2. The van der Waals surface area contributed by atoms with Crippen molar-refractivity contribution in [2.45, 2.75) is 64.0 Å². The maximum absolute atomic E-state index is 10.5. The minimum absolute atomic E-state index is 0.246. The molecule has 1 aliphatic carbocycles. The van der Waals surface area contributed by atoms with Crippen molar-refractivity contribution in [1.82, 2.24) is 14.9 Å². The number of nitrogens with zero attached hydrogens (tertiary/aromatic N) is 4. The Morgan fingerprint density at radius 1 is 0.957 bits per heavy atom. The van der Waals surface area contributed by atoms with E-state index in [-0.39, 0.29) is 12.1 Å². The molecule has 2 fully saturated rings. The molecule has 5 nitrogen and oxygen atoms in total. The molecular weight excluding hydrogens is 288 g/mol. The number of fused-ring (bicyclic) bond motifs is 1. The van der Waals surface area contributed by atoms with Gasteiger partial charge in [-0.05, 0) is 64.1 Å². The van der Waals surface area contributed by atoms with Gasteiger partial charge in [0.05, 0.1) is 12.1 Å². The average molecular weight is 316 g/mol. The first-order chi connectivity index (χ1) is 11.2. The van der Waals surface area contributed by atoms with E-state index in [1.54, 1.807) is 0 Å². The van der Waals surface area contributed by atoms with Gasteiger partial charge in [0, 0.05) is 24.5 Å². The maximum Gasteiger partial charge on any atom is 0.225 e. The number of aliphatic hydroxyl groups excluding tert-OH is 1. The zero-order chi connectivity index (χ0) is 15.8. The van der Waals surface area contributed by atoms with Crippen molar-refractivity contribution < 1.29 is 5.11 Å². The van der Waals surface area contributed by atoms with Gasteiger partial charge in [0.15, 0.2) is 0 Å². The predicted octanol–water partition coefficient (Wildman–Crippen LogP) is 1.70. The summed E-state index contributed by atoms with van der Waals surface area (Å²) in [6.45, 7) is 5.89. The Labute approximate surface area is 138 Å². The Morgan fingerprint density at radius 3 is 2.57 bits per heavy atom. The zero-order valence-corrected chi connectivity index (χ0v) is 14.2. The highest BCUT2D eigenvalue weighted by atomic mass is 16.3. The molecule has 1 aromatic rings. The lowest BCUT2D eigenvalue weighted by Crippen LogP contribution is -2.45. The number of aliphatic hydroxyl groups is 1. The van der Waals surface area contributed by atoms with Crippen molar-refractivity contribution >= 4 is 5.95 Å². The van der Waals surface area contributed by atoms with Crippen molar-refractivity contribution in [3.05, 3.63) is 17.0 Å². The van der Waals surface area contributed by atoms with Crippen LogP contribution in [0.3, 0.4) is 0 Å². The largest absolute Gasteiger partial charge is 0.390 e. The summed E-state index contributed by atoms with van der Waals surface area (Å²) in [6.07, 6.45) is 8.27. The summed E-state index contributed by atoms with van der Waals surface area (Å²) in [7, 11) is 0. The highest BCUT2D eigenvalue weighted by Crippen LogP contribution is 2.27. The Bertz CT molecular complexity index is 570. The quantitative estimate of drug-likeness (QED) is 0.900. The molecule has 23 heavy (non-hydrogen) atoms. The van der Waals surface area contributed by atoms with E-state index in [0.29, 0.717) is 6.54 Å². The van der Waals surface area contributed by atoms with E-state index in [1.807, 2.05) is 0 Å². The van der Waals surface area contributed by atoms with Gasteiger partial charge in [0.25, 0.3) is 0 Å². The number of hydrogen-bond acceptors (Lipinski definition) is 5. The monoisotopic (exact) mass is 316 g/mol. The van der Waals surface area contributed by atoms with Crippen LogP contribution in [-0.4, -0.2) is 58.3 Å². The highest BCUT2D eigenvalue weighted by molar-refractivity contribution is 5.40. The number of anilines is 1. The molecule has 1 aromatic heterocycles. The van der Waals surface area contributed by atoms with Crippen LogP contribution < -0.4 is 4.90 Å². The van der Waals surface area contributed by atoms with Gasteiger partial charge >= 0.3 is 0 Å². The first-order valence-corrected chi connectivity index (χ1v) is 9.26. The Hall–Kier alpha value is -1.20. The molecule has 5 heteroatoms. The predicted molar refractivity (Wildman–Crippen MR) is 90.8 cm³/mol. The van der Waals surface area contributed by atoms with Crippen LogP contribution in [0.2, 0.25) is 0 Å². The van der Waals surface area contributed by atoms with Gasteiger partial charge in [0.2, 0.25) is 5.95 Å². The lowest BCUT2D eigenvalue weighted by molar-refractivity contribution is 0.0706. The fourth-order valence-corrected chi connectivity index (χ4v) is 4.45.